The molecule has 0 bridgehead atoms. The molecule has 1 fully saturated rings. The first-order valence-electron chi connectivity index (χ1n) is 6.59. The quantitative estimate of drug-likeness (QED) is 0.743. The number of benzene rings is 1. The van der Waals surface area contributed by atoms with E-state index < -0.39 is 0 Å². The predicted octanol–water partition coefficient (Wildman–Crippen LogP) is 3.52. The highest BCUT2D eigenvalue weighted by molar-refractivity contribution is 9.10. The lowest BCUT2D eigenvalue weighted by Crippen LogP contribution is -2.46. The molecule has 2 rings (SSSR count). The molecule has 1 saturated carbocycles. The van der Waals surface area contributed by atoms with Crippen LogP contribution in [-0.2, 0) is 0 Å². The first-order chi connectivity index (χ1) is 8.96. The maximum absolute atomic E-state index is 13.4. The summed E-state index contributed by atoms with van der Waals surface area (Å²) in [6.45, 7) is 2.25. The molecule has 0 spiro atoms. The van der Waals surface area contributed by atoms with Crippen molar-refractivity contribution in [2.24, 2.45) is 5.92 Å². The SMILES string of the molecule is CC1CCCC(CO)(Nc2cc(Br)c(F)cc2N)C1. The summed E-state index contributed by atoms with van der Waals surface area (Å²) in [5.41, 5.74) is 6.55. The summed E-state index contributed by atoms with van der Waals surface area (Å²) in [4.78, 5) is 0. The van der Waals surface area contributed by atoms with E-state index in [0.717, 1.165) is 19.3 Å². The monoisotopic (exact) mass is 330 g/mol. The lowest BCUT2D eigenvalue weighted by molar-refractivity contribution is 0.149. The van der Waals surface area contributed by atoms with Gasteiger partial charge in [-0.3, -0.25) is 0 Å². The minimum Gasteiger partial charge on any atom is -0.397 e. The molecule has 106 valence electrons. The van der Waals surface area contributed by atoms with Crippen LogP contribution < -0.4 is 11.1 Å². The predicted molar refractivity (Wildman–Crippen MR) is 79.6 cm³/mol. The van der Waals surface area contributed by atoms with Gasteiger partial charge < -0.3 is 16.2 Å². The molecule has 0 aromatic heterocycles. The van der Waals surface area contributed by atoms with Crippen molar-refractivity contribution in [1.82, 2.24) is 0 Å². The van der Waals surface area contributed by atoms with Crippen molar-refractivity contribution >= 4 is 27.3 Å². The minimum absolute atomic E-state index is 0.0613. The van der Waals surface area contributed by atoms with Gasteiger partial charge in [-0.1, -0.05) is 19.8 Å². The van der Waals surface area contributed by atoms with Gasteiger partial charge in [0.15, 0.2) is 0 Å². The van der Waals surface area contributed by atoms with Crippen molar-refractivity contribution < 1.29 is 9.50 Å². The van der Waals surface area contributed by atoms with Crippen molar-refractivity contribution in [1.29, 1.82) is 0 Å². The summed E-state index contributed by atoms with van der Waals surface area (Å²) in [6, 6.07) is 2.94. The fourth-order valence-corrected chi connectivity index (χ4v) is 3.26. The molecule has 0 aliphatic heterocycles. The highest BCUT2D eigenvalue weighted by atomic mass is 79.9. The zero-order valence-corrected chi connectivity index (χ0v) is 12.6. The van der Waals surface area contributed by atoms with Crippen molar-refractivity contribution in [3.8, 4) is 0 Å². The van der Waals surface area contributed by atoms with Gasteiger partial charge >= 0.3 is 0 Å². The largest absolute Gasteiger partial charge is 0.397 e. The summed E-state index contributed by atoms with van der Waals surface area (Å²) in [5, 5.41) is 13.1. The Kier molecular flexibility index (Phi) is 4.36. The Balaban J connectivity index is 2.25. The van der Waals surface area contributed by atoms with Crippen LogP contribution in [0.5, 0.6) is 0 Å². The molecule has 0 heterocycles. The minimum atomic E-state index is -0.377. The van der Waals surface area contributed by atoms with E-state index in [1.165, 1.54) is 12.5 Å². The maximum atomic E-state index is 13.4. The average molecular weight is 331 g/mol. The number of nitrogen functional groups attached to an aromatic ring is 1. The summed E-state index contributed by atoms with van der Waals surface area (Å²) >= 11 is 3.16. The van der Waals surface area contributed by atoms with E-state index in [9.17, 15) is 9.50 Å². The van der Waals surface area contributed by atoms with Crippen LogP contribution in [0.15, 0.2) is 16.6 Å². The zero-order valence-electron chi connectivity index (χ0n) is 11.0. The van der Waals surface area contributed by atoms with E-state index in [2.05, 4.69) is 28.2 Å². The van der Waals surface area contributed by atoms with E-state index >= 15 is 0 Å². The molecule has 1 aromatic rings. The van der Waals surface area contributed by atoms with E-state index in [-0.39, 0.29) is 18.0 Å². The molecule has 2 unspecified atom stereocenters. The number of rotatable bonds is 3. The van der Waals surface area contributed by atoms with Crippen molar-refractivity contribution in [3.63, 3.8) is 0 Å². The number of nitrogens with one attached hydrogen (secondary N) is 1. The lowest BCUT2D eigenvalue weighted by Gasteiger charge is -2.40. The van der Waals surface area contributed by atoms with E-state index in [1.807, 2.05) is 0 Å². The first kappa shape index (κ1) is 14.6. The van der Waals surface area contributed by atoms with Gasteiger partial charge in [-0.05, 0) is 40.8 Å². The Labute approximate surface area is 121 Å². The fraction of sp³-hybridized carbons (Fsp3) is 0.571. The van der Waals surface area contributed by atoms with Crippen LogP contribution in [0.3, 0.4) is 0 Å². The molecule has 1 aliphatic carbocycles. The van der Waals surface area contributed by atoms with Crippen LogP contribution in [0.25, 0.3) is 0 Å². The van der Waals surface area contributed by atoms with E-state index in [0.29, 0.717) is 21.8 Å². The second-order valence-electron chi connectivity index (χ2n) is 5.62. The average Bonchev–Trinajstić information content (AvgIpc) is 2.36. The number of hydrogen-bond donors (Lipinski definition) is 3. The summed E-state index contributed by atoms with van der Waals surface area (Å²) in [7, 11) is 0. The van der Waals surface area contributed by atoms with Crippen LogP contribution in [-0.4, -0.2) is 17.3 Å². The molecule has 0 saturated heterocycles. The Morgan fingerprint density at radius 2 is 2.32 bits per heavy atom. The van der Waals surface area contributed by atoms with E-state index in [4.69, 9.17) is 5.73 Å². The van der Waals surface area contributed by atoms with Gasteiger partial charge in [-0.15, -0.1) is 0 Å². The molecule has 1 aromatic carbocycles. The van der Waals surface area contributed by atoms with Gasteiger partial charge in [0.05, 0.1) is 28.0 Å². The molecule has 2 atom stereocenters. The number of hydrogen-bond acceptors (Lipinski definition) is 3. The zero-order chi connectivity index (χ0) is 14.0. The second kappa shape index (κ2) is 5.67. The molecular formula is C14H20BrFN2O. The highest BCUT2D eigenvalue weighted by Crippen LogP contribution is 2.37. The molecule has 4 N–H and O–H groups in total. The van der Waals surface area contributed by atoms with Gasteiger partial charge in [0, 0.05) is 6.07 Å². The number of halogens is 2. The number of aliphatic hydroxyl groups excluding tert-OH is 1. The highest BCUT2D eigenvalue weighted by Gasteiger charge is 2.34. The van der Waals surface area contributed by atoms with Crippen molar-refractivity contribution in [2.45, 2.75) is 38.1 Å². The molecule has 5 heteroatoms. The first-order valence-corrected chi connectivity index (χ1v) is 7.39. The Morgan fingerprint density at radius 3 is 2.95 bits per heavy atom. The van der Waals surface area contributed by atoms with Crippen LogP contribution >= 0.6 is 15.9 Å². The molecule has 0 radical (unpaired) electrons. The summed E-state index contributed by atoms with van der Waals surface area (Å²) < 4.78 is 13.7. The second-order valence-corrected chi connectivity index (χ2v) is 6.47. The summed E-state index contributed by atoms with van der Waals surface area (Å²) in [5.74, 6) is 0.191. The third kappa shape index (κ3) is 3.20. The molecule has 0 amide bonds. The van der Waals surface area contributed by atoms with Gasteiger partial charge in [0.25, 0.3) is 0 Å². The van der Waals surface area contributed by atoms with Gasteiger partial charge in [0.1, 0.15) is 5.82 Å². The molecule has 19 heavy (non-hydrogen) atoms. The van der Waals surface area contributed by atoms with Crippen LogP contribution in [0.1, 0.15) is 32.6 Å². The van der Waals surface area contributed by atoms with Crippen LogP contribution in [0.4, 0.5) is 15.8 Å². The fourth-order valence-electron chi connectivity index (χ4n) is 2.91. The third-order valence-electron chi connectivity index (χ3n) is 3.89. The number of aliphatic hydroxyl groups is 1. The lowest BCUT2D eigenvalue weighted by atomic mass is 9.76. The van der Waals surface area contributed by atoms with Crippen LogP contribution in [0.2, 0.25) is 0 Å². The summed E-state index contributed by atoms with van der Waals surface area (Å²) in [6.07, 6.45) is 4.07. The Hall–Kier alpha value is -0.810. The standard InChI is InChI=1S/C14H20BrFN2O/c1-9-3-2-4-14(7-9,8-19)18-13-5-10(15)11(16)6-12(13)17/h5-6,9,18-19H,2-4,7-8,17H2,1H3. The van der Waals surface area contributed by atoms with Crippen molar-refractivity contribution in [2.75, 3.05) is 17.7 Å². The molecular weight excluding hydrogens is 311 g/mol. The Morgan fingerprint density at radius 1 is 1.58 bits per heavy atom. The van der Waals surface area contributed by atoms with Crippen molar-refractivity contribution in [3.05, 3.63) is 22.4 Å². The van der Waals surface area contributed by atoms with E-state index in [1.54, 1.807) is 6.07 Å². The topological polar surface area (TPSA) is 58.3 Å². The number of nitrogens with two attached hydrogens (primary N) is 1. The van der Waals surface area contributed by atoms with Crippen LogP contribution in [0, 0.1) is 11.7 Å². The molecule has 3 nitrogen and oxygen atoms in total. The van der Waals surface area contributed by atoms with Gasteiger partial charge in [-0.25, -0.2) is 4.39 Å². The molecule has 1 aliphatic rings. The third-order valence-corrected chi connectivity index (χ3v) is 4.49. The van der Waals surface area contributed by atoms with Gasteiger partial charge in [-0.2, -0.15) is 0 Å². The number of anilines is 2. The Bertz CT molecular complexity index is 469. The smallest absolute Gasteiger partial charge is 0.139 e. The normalized spacial score (nSPS) is 27.3. The maximum Gasteiger partial charge on any atom is 0.139 e. The van der Waals surface area contributed by atoms with Gasteiger partial charge in [0.2, 0.25) is 0 Å².